The van der Waals surface area contributed by atoms with Crippen LogP contribution in [0.5, 0.6) is 0 Å². The normalized spacial score (nSPS) is 14.3. The third-order valence-electron chi connectivity index (χ3n) is 5.14. The number of carbonyl (C=O) groups is 2. The Hall–Kier alpha value is -3.42. The monoisotopic (exact) mass is 397 g/mol. The van der Waals surface area contributed by atoms with Crippen LogP contribution in [0.25, 0.3) is 0 Å². The van der Waals surface area contributed by atoms with E-state index in [2.05, 4.69) is 10.1 Å². The first-order chi connectivity index (χ1) is 14.0. The SMILES string of the molecule is COC(=O)c1ccc(N2CCC(CNC(=O)c3ccccc3)CC2)c([N+](=O)[O-])c1. The average Bonchev–Trinajstić information content (AvgIpc) is 2.77. The lowest BCUT2D eigenvalue weighted by molar-refractivity contribution is -0.384. The summed E-state index contributed by atoms with van der Waals surface area (Å²) in [5, 5.41) is 14.4. The van der Waals surface area contributed by atoms with Crippen molar-refractivity contribution in [2.45, 2.75) is 12.8 Å². The van der Waals surface area contributed by atoms with E-state index in [1.54, 1.807) is 24.3 Å². The van der Waals surface area contributed by atoms with E-state index in [9.17, 15) is 19.7 Å². The Morgan fingerprint density at radius 2 is 1.83 bits per heavy atom. The molecule has 1 heterocycles. The minimum Gasteiger partial charge on any atom is -0.465 e. The minimum absolute atomic E-state index is 0.0953. The molecule has 0 atom stereocenters. The number of rotatable bonds is 6. The number of amides is 1. The van der Waals surface area contributed by atoms with Crippen LogP contribution in [0.1, 0.15) is 33.6 Å². The molecular weight excluding hydrogens is 374 g/mol. The number of carbonyl (C=O) groups excluding carboxylic acids is 2. The van der Waals surface area contributed by atoms with Gasteiger partial charge in [0.05, 0.1) is 17.6 Å². The third kappa shape index (κ3) is 4.90. The Kier molecular flexibility index (Phi) is 6.43. The number of methoxy groups -OCH3 is 1. The van der Waals surface area contributed by atoms with Gasteiger partial charge < -0.3 is 15.0 Å². The zero-order valence-corrected chi connectivity index (χ0v) is 16.2. The van der Waals surface area contributed by atoms with Crippen LogP contribution in [0.3, 0.4) is 0 Å². The van der Waals surface area contributed by atoms with Crippen molar-refractivity contribution < 1.29 is 19.2 Å². The topological polar surface area (TPSA) is 102 Å². The predicted molar refractivity (Wildman–Crippen MR) is 108 cm³/mol. The van der Waals surface area contributed by atoms with Crippen molar-refractivity contribution in [3.8, 4) is 0 Å². The van der Waals surface area contributed by atoms with Crippen LogP contribution >= 0.6 is 0 Å². The van der Waals surface area contributed by atoms with Gasteiger partial charge in [0.25, 0.3) is 11.6 Å². The Bertz CT molecular complexity index is 892. The summed E-state index contributed by atoms with van der Waals surface area (Å²) in [6, 6.07) is 13.5. The van der Waals surface area contributed by atoms with Gasteiger partial charge in [0.1, 0.15) is 5.69 Å². The van der Waals surface area contributed by atoms with Crippen molar-refractivity contribution in [1.29, 1.82) is 0 Å². The number of nitrogens with zero attached hydrogens (tertiary/aromatic N) is 2. The lowest BCUT2D eigenvalue weighted by atomic mass is 9.96. The number of nitrogens with one attached hydrogen (secondary N) is 1. The molecule has 8 heteroatoms. The maximum atomic E-state index is 12.2. The van der Waals surface area contributed by atoms with E-state index in [4.69, 9.17) is 0 Å². The van der Waals surface area contributed by atoms with Gasteiger partial charge in [0.2, 0.25) is 0 Å². The van der Waals surface area contributed by atoms with Crippen molar-refractivity contribution in [2.24, 2.45) is 5.92 Å². The number of hydrogen-bond donors (Lipinski definition) is 1. The number of benzene rings is 2. The first-order valence-corrected chi connectivity index (χ1v) is 9.44. The first kappa shape index (κ1) is 20.3. The Balaban J connectivity index is 1.59. The number of esters is 1. The zero-order chi connectivity index (χ0) is 20.8. The highest BCUT2D eigenvalue weighted by atomic mass is 16.6. The maximum absolute atomic E-state index is 12.2. The molecule has 152 valence electrons. The van der Waals surface area contributed by atoms with Gasteiger partial charge in [-0.15, -0.1) is 0 Å². The first-order valence-electron chi connectivity index (χ1n) is 9.44. The number of hydrogen-bond acceptors (Lipinski definition) is 6. The molecular formula is C21H23N3O5. The largest absolute Gasteiger partial charge is 0.465 e. The third-order valence-corrected chi connectivity index (χ3v) is 5.14. The van der Waals surface area contributed by atoms with Gasteiger partial charge in [-0.05, 0) is 43.0 Å². The van der Waals surface area contributed by atoms with Gasteiger partial charge in [-0.25, -0.2) is 4.79 Å². The highest BCUT2D eigenvalue weighted by molar-refractivity contribution is 5.94. The highest BCUT2D eigenvalue weighted by Crippen LogP contribution is 2.32. The standard InChI is InChI=1S/C21H23N3O5/c1-29-21(26)17-7-8-18(19(13-17)24(27)28)23-11-9-15(10-12-23)14-22-20(25)16-5-3-2-4-6-16/h2-8,13,15H,9-12,14H2,1H3,(H,22,25). The molecule has 1 saturated heterocycles. The molecule has 0 aromatic heterocycles. The van der Waals surface area contributed by atoms with Crippen LogP contribution in [-0.4, -0.2) is 43.5 Å². The van der Waals surface area contributed by atoms with Crippen LogP contribution in [0.2, 0.25) is 0 Å². The molecule has 2 aromatic rings. The summed E-state index contributed by atoms with van der Waals surface area (Å²) in [4.78, 5) is 36.8. The van der Waals surface area contributed by atoms with E-state index in [0.29, 0.717) is 36.8 Å². The van der Waals surface area contributed by atoms with Gasteiger partial charge in [-0.1, -0.05) is 18.2 Å². The van der Waals surface area contributed by atoms with Gasteiger partial charge in [0.15, 0.2) is 0 Å². The second kappa shape index (κ2) is 9.18. The van der Waals surface area contributed by atoms with Crippen LogP contribution in [0.4, 0.5) is 11.4 Å². The molecule has 1 aliphatic rings. The smallest absolute Gasteiger partial charge is 0.338 e. The van der Waals surface area contributed by atoms with Crippen molar-refractivity contribution >= 4 is 23.3 Å². The zero-order valence-electron chi connectivity index (χ0n) is 16.2. The number of nitro benzene ring substituents is 1. The fourth-order valence-electron chi connectivity index (χ4n) is 3.49. The Morgan fingerprint density at radius 3 is 2.45 bits per heavy atom. The molecule has 0 saturated carbocycles. The summed E-state index contributed by atoms with van der Waals surface area (Å²) in [7, 11) is 1.24. The van der Waals surface area contributed by atoms with Crippen LogP contribution in [-0.2, 0) is 4.74 Å². The molecule has 0 unspecified atom stereocenters. The van der Waals surface area contributed by atoms with E-state index in [0.717, 1.165) is 12.8 Å². The fourth-order valence-corrected chi connectivity index (χ4v) is 3.49. The molecule has 0 spiro atoms. The van der Waals surface area contributed by atoms with Crippen LogP contribution in [0.15, 0.2) is 48.5 Å². The van der Waals surface area contributed by atoms with Gasteiger partial charge in [-0.3, -0.25) is 14.9 Å². The molecule has 1 fully saturated rings. The lowest BCUT2D eigenvalue weighted by Crippen LogP contribution is -2.39. The summed E-state index contributed by atoms with van der Waals surface area (Å²) in [6.07, 6.45) is 1.62. The molecule has 1 N–H and O–H groups in total. The minimum atomic E-state index is -0.604. The van der Waals surface area contributed by atoms with Crippen LogP contribution in [0, 0.1) is 16.0 Å². The van der Waals surface area contributed by atoms with E-state index >= 15 is 0 Å². The average molecular weight is 397 g/mol. The van der Waals surface area contributed by atoms with E-state index in [-0.39, 0.29) is 17.2 Å². The van der Waals surface area contributed by atoms with E-state index < -0.39 is 10.9 Å². The molecule has 2 aromatic carbocycles. The molecule has 1 aliphatic heterocycles. The van der Waals surface area contributed by atoms with Crippen molar-refractivity contribution in [3.63, 3.8) is 0 Å². The summed E-state index contributed by atoms with van der Waals surface area (Å²) in [6.45, 7) is 1.86. The molecule has 8 nitrogen and oxygen atoms in total. The van der Waals surface area contributed by atoms with Crippen molar-refractivity contribution in [2.75, 3.05) is 31.6 Å². The van der Waals surface area contributed by atoms with Gasteiger partial charge in [0, 0.05) is 31.3 Å². The van der Waals surface area contributed by atoms with Gasteiger partial charge >= 0.3 is 5.97 Å². The van der Waals surface area contributed by atoms with Crippen LogP contribution < -0.4 is 10.2 Å². The molecule has 29 heavy (non-hydrogen) atoms. The second-order valence-corrected chi connectivity index (χ2v) is 6.96. The van der Waals surface area contributed by atoms with Crippen molar-refractivity contribution in [1.82, 2.24) is 5.32 Å². The lowest BCUT2D eigenvalue weighted by Gasteiger charge is -2.33. The van der Waals surface area contributed by atoms with Gasteiger partial charge in [-0.2, -0.15) is 0 Å². The van der Waals surface area contributed by atoms with E-state index in [1.807, 2.05) is 23.1 Å². The molecule has 0 bridgehead atoms. The summed E-state index contributed by atoms with van der Waals surface area (Å²) < 4.78 is 4.64. The number of piperidine rings is 1. The predicted octanol–water partition coefficient (Wildman–Crippen LogP) is 3.03. The fraction of sp³-hybridized carbons (Fsp3) is 0.333. The molecule has 3 rings (SSSR count). The second-order valence-electron chi connectivity index (χ2n) is 6.96. The number of anilines is 1. The van der Waals surface area contributed by atoms with E-state index in [1.165, 1.54) is 13.2 Å². The summed E-state index contributed by atoms with van der Waals surface area (Å²) in [5.41, 5.74) is 1.17. The van der Waals surface area contributed by atoms with Crippen molar-refractivity contribution in [3.05, 3.63) is 69.8 Å². The Morgan fingerprint density at radius 1 is 1.14 bits per heavy atom. The molecule has 0 aliphatic carbocycles. The summed E-state index contributed by atoms with van der Waals surface area (Å²) >= 11 is 0. The Labute approximate surface area is 168 Å². The quantitative estimate of drug-likeness (QED) is 0.457. The maximum Gasteiger partial charge on any atom is 0.338 e. The molecule has 1 amide bonds. The number of nitro groups is 1. The highest BCUT2D eigenvalue weighted by Gasteiger charge is 2.26. The number of ether oxygens (including phenoxy) is 1. The molecule has 0 radical (unpaired) electrons. The summed E-state index contributed by atoms with van der Waals surface area (Å²) in [5.74, 6) is -0.387.